The minimum atomic E-state index is -0.766. The van der Waals surface area contributed by atoms with Crippen LogP contribution in [0.5, 0.6) is 5.75 Å². The molecule has 0 bridgehead atoms. The van der Waals surface area contributed by atoms with Crippen LogP contribution in [0.25, 0.3) is 11.1 Å². The Bertz CT molecular complexity index is 1870. The Labute approximate surface area is 283 Å². The van der Waals surface area contributed by atoms with Crippen LogP contribution >= 0.6 is 0 Å². The predicted octanol–water partition coefficient (Wildman–Crippen LogP) is 3.62. The number of rotatable bonds is 8. The summed E-state index contributed by atoms with van der Waals surface area (Å²) in [7, 11) is 2.10. The molecule has 0 saturated carbocycles. The third kappa shape index (κ3) is 7.98. The van der Waals surface area contributed by atoms with E-state index in [0.29, 0.717) is 35.6 Å². The number of hydrogen-bond donors (Lipinski definition) is 5. The molecule has 49 heavy (non-hydrogen) atoms. The lowest BCUT2D eigenvalue weighted by Gasteiger charge is -2.34. The second-order valence-corrected chi connectivity index (χ2v) is 12.6. The summed E-state index contributed by atoms with van der Waals surface area (Å²) in [6, 6.07) is 15.5. The molecule has 0 aliphatic carbocycles. The predicted molar refractivity (Wildman–Crippen MR) is 184 cm³/mol. The van der Waals surface area contributed by atoms with E-state index in [9.17, 15) is 18.7 Å². The van der Waals surface area contributed by atoms with E-state index in [1.807, 2.05) is 12.1 Å². The molecule has 1 amide bonds. The Morgan fingerprint density at radius 2 is 1.63 bits per heavy atom. The van der Waals surface area contributed by atoms with Crippen LogP contribution in [0.2, 0.25) is 0 Å². The highest BCUT2D eigenvalue weighted by Crippen LogP contribution is 2.34. The number of amidine groups is 1. The van der Waals surface area contributed by atoms with Gasteiger partial charge in [0.15, 0.2) is 0 Å². The quantitative estimate of drug-likeness (QED) is 0.109. The number of nitrogen functional groups attached to an aromatic ring is 2. The first kappa shape index (κ1) is 33.8. The van der Waals surface area contributed by atoms with Gasteiger partial charge in [0, 0.05) is 68.4 Å². The SMILES string of the molecule is CN1CCN(c2ccc(C(=O)[NH+]=C(N)c3cc(Cc4cc(F)cc(F)c4)c(-c4cc(O)ccc4F)cc3N)c(NC3CCOCC3)c2)CC1. The van der Waals surface area contributed by atoms with Gasteiger partial charge < -0.3 is 30.7 Å². The number of benzene rings is 4. The molecular formula is C37H40F3N6O3+. The van der Waals surface area contributed by atoms with Crippen molar-refractivity contribution in [2.24, 2.45) is 5.73 Å². The van der Waals surface area contributed by atoms with E-state index in [1.54, 1.807) is 12.1 Å². The first-order valence-corrected chi connectivity index (χ1v) is 16.3. The second kappa shape index (κ2) is 14.6. The van der Waals surface area contributed by atoms with E-state index in [0.717, 1.165) is 56.8 Å². The monoisotopic (exact) mass is 673 g/mol. The molecule has 0 unspecified atom stereocenters. The van der Waals surface area contributed by atoms with Crippen molar-refractivity contribution in [2.75, 3.05) is 62.4 Å². The molecule has 0 spiro atoms. The van der Waals surface area contributed by atoms with Crippen molar-refractivity contribution in [2.45, 2.75) is 25.3 Å². The Morgan fingerprint density at radius 3 is 2.35 bits per heavy atom. The highest BCUT2D eigenvalue weighted by Gasteiger charge is 2.24. The van der Waals surface area contributed by atoms with Crippen molar-refractivity contribution in [3.63, 3.8) is 0 Å². The van der Waals surface area contributed by atoms with Gasteiger partial charge in [-0.2, -0.15) is 0 Å². The maximum atomic E-state index is 15.0. The van der Waals surface area contributed by atoms with Gasteiger partial charge in [-0.15, -0.1) is 0 Å². The van der Waals surface area contributed by atoms with Gasteiger partial charge in [-0.25, -0.2) is 23.0 Å². The zero-order valence-electron chi connectivity index (χ0n) is 27.2. The van der Waals surface area contributed by atoms with E-state index < -0.39 is 23.4 Å². The number of nitrogens with two attached hydrogens (primary N) is 2. The number of carbonyl (C=O) groups is 1. The first-order valence-electron chi connectivity index (χ1n) is 16.3. The minimum absolute atomic E-state index is 0.0272. The number of likely N-dealkylation sites (N-methyl/N-ethyl adjacent to an activating group) is 1. The van der Waals surface area contributed by atoms with Gasteiger partial charge in [-0.3, -0.25) is 5.73 Å². The van der Waals surface area contributed by atoms with Crippen LogP contribution < -0.4 is 26.7 Å². The number of nitrogens with zero attached hydrogens (tertiary/aromatic N) is 2. The van der Waals surface area contributed by atoms with E-state index in [-0.39, 0.29) is 46.4 Å². The summed E-state index contributed by atoms with van der Waals surface area (Å²) in [5, 5.41) is 13.7. The fraction of sp³-hybridized carbons (Fsp3) is 0.297. The molecule has 7 N–H and O–H groups in total. The van der Waals surface area contributed by atoms with Crippen LogP contribution in [0, 0.1) is 17.5 Å². The van der Waals surface area contributed by atoms with Crippen LogP contribution in [0.15, 0.2) is 66.7 Å². The highest BCUT2D eigenvalue weighted by atomic mass is 19.1. The van der Waals surface area contributed by atoms with Crippen LogP contribution in [0.3, 0.4) is 0 Å². The van der Waals surface area contributed by atoms with Crippen LogP contribution in [0.4, 0.5) is 30.2 Å². The smallest absolute Gasteiger partial charge is 0.341 e. The fourth-order valence-corrected chi connectivity index (χ4v) is 6.37. The van der Waals surface area contributed by atoms with Crippen molar-refractivity contribution in [3.05, 3.63) is 106 Å². The van der Waals surface area contributed by atoms with Crippen molar-refractivity contribution >= 4 is 28.8 Å². The summed E-state index contributed by atoms with van der Waals surface area (Å²) in [6.45, 7) is 4.86. The van der Waals surface area contributed by atoms with E-state index in [4.69, 9.17) is 16.2 Å². The Balaban J connectivity index is 1.37. The fourth-order valence-electron chi connectivity index (χ4n) is 6.37. The molecule has 2 saturated heterocycles. The average Bonchev–Trinajstić information content (AvgIpc) is 3.07. The van der Waals surface area contributed by atoms with Gasteiger partial charge in [0.1, 0.15) is 23.2 Å². The Morgan fingerprint density at radius 1 is 0.918 bits per heavy atom. The molecule has 0 aromatic heterocycles. The van der Waals surface area contributed by atoms with Crippen molar-refractivity contribution in [3.8, 4) is 16.9 Å². The summed E-state index contributed by atoms with van der Waals surface area (Å²) in [4.78, 5) is 21.2. The lowest BCUT2D eigenvalue weighted by molar-refractivity contribution is -0.345. The standard InChI is InChI=1S/C37H39F3N6O3/c1-45-8-10-46(11-9-45)27-2-4-29(35(19-27)43-26-6-12-49-13-7-26)37(48)44-36(42)32-17-23(14-22-15-24(38)18-25(39)16-22)30(21-34(32)41)31-20-28(47)3-5-33(31)40/h2-5,15-21,26,43,47H,6-14,41H2,1H3,(H2,42,44,48)/p+1. The summed E-state index contributed by atoms with van der Waals surface area (Å²) in [5.74, 6) is -2.86. The van der Waals surface area contributed by atoms with Gasteiger partial charge >= 0.3 is 5.91 Å². The Kier molecular flexibility index (Phi) is 10.1. The number of ether oxygens (including phenoxy) is 1. The maximum Gasteiger partial charge on any atom is 0.341 e. The summed E-state index contributed by atoms with van der Waals surface area (Å²) < 4.78 is 48.8. The molecule has 12 heteroatoms. The molecule has 0 radical (unpaired) electrons. The average molecular weight is 674 g/mol. The highest BCUT2D eigenvalue weighted by molar-refractivity contribution is 6.04. The van der Waals surface area contributed by atoms with E-state index in [1.165, 1.54) is 30.3 Å². The normalized spacial score (nSPS) is 16.2. The zero-order chi connectivity index (χ0) is 34.7. The number of hydrogen-bond acceptors (Lipinski definition) is 7. The second-order valence-electron chi connectivity index (χ2n) is 12.6. The molecule has 4 aromatic rings. The number of halogens is 3. The Hall–Kier alpha value is -5.07. The molecule has 2 aliphatic heterocycles. The van der Waals surface area contributed by atoms with Crippen LogP contribution in [-0.4, -0.2) is 74.2 Å². The van der Waals surface area contributed by atoms with E-state index >= 15 is 4.39 Å². The zero-order valence-corrected chi connectivity index (χ0v) is 27.2. The molecule has 6 rings (SSSR count). The maximum absolute atomic E-state index is 15.0. The third-order valence-electron chi connectivity index (χ3n) is 9.07. The lowest BCUT2D eigenvalue weighted by atomic mass is 9.91. The number of piperazine rings is 1. The van der Waals surface area contributed by atoms with Gasteiger partial charge in [0.25, 0.3) is 5.84 Å². The summed E-state index contributed by atoms with van der Waals surface area (Å²) in [6.07, 6.45) is 1.57. The van der Waals surface area contributed by atoms with Crippen molar-refractivity contribution in [1.29, 1.82) is 0 Å². The number of carbonyl (C=O) groups excluding carboxylic acids is 1. The van der Waals surface area contributed by atoms with Gasteiger partial charge in [0.2, 0.25) is 0 Å². The van der Waals surface area contributed by atoms with Crippen molar-refractivity contribution < 1.29 is 32.8 Å². The van der Waals surface area contributed by atoms with Gasteiger partial charge in [-0.1, -0.05) is 0 Å². The number of nitrogens with one attached hydrogen (secondary N) is 2. The molecule has 9 nitrogen and oxygen atoms in total. The number of amides is 1. The molecule has 0 atom stereocenters. The summed E-state index contributed by atoms with van der Waals surface area (Å²) in [5.41, 5.74) is 16.4. The van der Waals surface area contributed by atoms with E-state index in [2.05, 4.69) is 27.2 Å². The van der Waals surface area contributed by atoms with Gasteiger partial charge in [-0.05, 0) is 104 Å². The molecular weight excluding hydrogens is 633 g/mol. The van der Waals surface area contributed by atoms with Crippen LogP contribution in [0.1, 0.15) is 39.9 Å². The topological polar surface area (TPSA) is 131 Å². The van der Waals surface area contributed by atoms with Crippen LogP contribution in [-0.2, 0) is 11.2 Å². The summed E-state index contributed by atoms with van der Waals surface area (Å²) >= 11 is 0. The third-order valence-corrected chi connectivity index (χ3v) is 9.07. The molecule has 256 valence electrons. The van der Waals surface area contributed by atoms with Crippen molar-refractivity contribution in [1.82, 2.24) is 4.90 Å². The minimum Gasteiger partial charge on any atom is -0.508 e. The first-order chi connectivity index (χ1) is 23.5. The molecule has 4 aromatic carbocycles. The molecule has 2 aliphatic rings. The largest absolute Gasteiger partial charge is 0.508 e. The molecule has 2 fully saturated rings. The lowest BCUT2D eigenvalue weighted by Crippen LogP contribution is -2.79. The molecule has 2 heterocycles. The number of aromatic hydroxyl groups is 1. The number of phenolic OH excluding ortho intramolecular Hbond substituents is 1. The van der Waals surface area contributed by atoms with Gasteiger partial charge in [0.05, 0.1) is 16.8 Å². The number of phenols is 1. The number of anilines is 3.